The Morgan fingerprint density at radius 1 is 1.37 bits per heavy atom. The molecule has 0 fully saturated rings. The van der Waals surface area contributed by atoms with Gasteiger partial charge in [-0.2, -0.15) is 13.2 Å². The first-order valence-electron chi connectivity index (χ1n) is 5.25. The van der Waals surface area contributed by atoms with Gasteiger partial charge in [0.05, 0.1) is 25.2 Å². The number of nitrogens with two attached hydrogens (primary N) is 1. The molecule has 0 aliphatic rings. The SMILES string of the molecule is N/C(=N/O)c1cccc(COCCC(F)(F)F)c1F. The van der Waals surface area contributed by atoms with Gasteiger partial charge in [-0.05, 0) is 6.07 Å². The molecule has 0 spiro atoms. The second-order valence-corrected chi connectivity index (χ2v) is 3.68. The van der Waals surface area contributed by atoms with Crippen LogP contribution in [0.4, 0.5) is 17.6 Å². The van der Waals surface area contributed by atoms with Crippen LogP contribution in [0.15, 0.2) is 23.4 Å². The highest BCUT2D eigenvalue weighted by Gasteiger charge is 2.26. The molecule has 0 aliphatic carbocycles. The van der Waals surface area contributed by atoms with Crippen LogP contribution >= 0.6 is 0 Å². The van der Waals surface area contributed by atoms with Crippen molar-refractivity contribution in [2.75, 3.05) is 6.61 Å². The summed E-state index contributed by atoms with van der Waals surface area (Å²) in [5.74, 6) is -1.21. The predicted octanol–water partition coefficient (Wildman–Crippen LogP) is 2.39. The lowest BCUT2D eigenvalue weighted by molar-refractivity contribution is -0.146. The lowest BCUT2D eigenvalue weighted by atomic mass is 10.1. The van der Waals surface area contributed by atoms with E-state index in [4.69, 9.17) is 15.7 Å². The van der Waals surface area contributed by atoms with E-state index >= 15 is 0 Å². The number of nitrogens with zero attached hydrogens (tertiary/aromatic N) is 1. The smallest absolute Gasteiger partial charge is 0.391 e. The molecule has 1 aromatic carbocycles. The summed E-state index contributed by atoms with van der Waals surface area (Å²) in [6.45, 7) is -0.884. The average Bonchev–Trinajstić information content (AvgIpc) is 2.34. The van der Waals surface area contributed by atoms with Gasteiger partial charge in [0.25, 0.3) is 0 Å². The third-order valence-corrected chi connectivity index (χ3v) is 2.25. The van der Waals surface area contributed by atoms with Crippen LogP contribution in [0.2, 0.25) is 0 Å². The van der Waals surface area contributed by atoms with Crippen LogP contribution in [0.5, 0.6) is 0 Å². The molecule has 0 radical (unpaired) electrons. The fourth-order valence-corrected chi connectivity index (χ4v) is 1.31. The molecule has 0 aromatic heterocycles. The maximum Gasteiger partial charge on any atom is 0.391 e. The lowest BCUT2D eigenvalue weighted by Gasteiger charge is -2.09. The van der Waals surface area contributed by atoms with Crippen LogP contribution in [0, 0.1) is 5.82 Å². The van der Waals surface area contributed by atoms with Crippen LogP contribution in [0.1, 0.15) is 17.5 Å². The van der Waals surface area contributed by atoms with Gasteiger partial charge in [0, 0.05) is 5.56 Å². The van der Waals surface area contributed by atoms with Gasteiger partial charge >= 0.3 is 6.18 Å². The molecule has 0 amide bonds. The number of hydrogen-bond acceptors (Lipinski definition) is 3. The predicted molar refractivity (Wildman–Crippen MR) is 59.2 cm³/mol. The van der Waals surface area contributed by atoms with Crippen LogP contribution in [0.3, 0.4) is 0 Å². The average molecular weight is 280 g/mol. The molecule has 3 N–H and O–H groups in total. The van der Waals surface area contributed by atoms with Gasteiger partial charge < -0.3 is 15.7 Å². The van der Waals surface area contributed by atoms with Crippen molar-refractivity contribution in [2.24, 2.45) is 10.9 Å². The molecule has 19 heavy (non-hydrogen) atoms. The topological polar surface area (TPSA) is 67.8 Å². The Morgan fingerprint density at radius 2 is 2.05 bits per heavy atom. The Balaban J connectivity index is 2.65. The van der Waals surface area contributed by atoms with Crippen molar-refractivity contribution >= 4 is 5.84 Å². The maximum absolute atomic E-state index is 13.8. The van der Waals surface area contributed by atoms with Crippen molar-refractivity contribution in [1.29, 1.82) is 0 Å². The highest BCUT2D eigenvalue weighted by Crippen LogP contribution is 2.20. The molecule has 8 heteroatoms. The number of rotatable bonds is 5. The van der Waals surface area contributed by atoms with Gasteiger partial charge in [-0.1, -0.05) is 17.3 Å². The summed E-state index contributed by atoms with van der Waals surface area (Å²) in [4.78, 5) is 0. The van der Waals surface area contributed by atoms with E-state index in [1.807, 2.05) is 0 Å². The first-order chi connectivity index (χ1) is 8.85. The summed E-state index contributed by atoms with van der Waals surface area (Å²) in [6.07, 6.45) is -5.41. The largest absolute Gasteiger partial charge is 0.409 e. The lowest BCUT2D eigenvalue weighted by Crippen LogP contribution is -2.16. The Labute approximate surface area is 106 Å². The number of alkyl halides is 3. The van der Waals surface area contributed by atoms with Crippen LogP contribution in [0.25, 0.3) is 0 Å². The van der Waals surface area contributed by atoms with E-state index < -0.39 is 30.9 Å². The zero-order valence-corrected chi connectivity index (χ0v) is 9.75. The van der Waals surface area contributed by atoms with Gasteiger partial charge in [0.1, 0.15) is 5.82 Å². The second kappa shape index (κ2) is 6.37. The third kappa shape index (κ3) is 4.74. The van der Waals surface area contributed by atoms with E-state index in [2.05, 4.69) is 5.16 Å². The summed E-state index contributed by atoms with van der Waals surface area (Å²) in [5, 5.41) is 11.1. The van der Waals surface area contributed by atoms with E-state index in [1.54, 1.807) is 0 Å². The Hall–Kier alpha value is -1.83. The minimum atomic E-state index is -4.31. The molecule has 0 unspecified atom stereocenters. The van der Waals surface area contributed by atoms with Crippen molar-refractivity contribution in [3.63, 3.8) is 0 Å². The minimum Gasteiger partial charge on any atom is -0.409 e. The molecule has 0 bridgehead atoms. The van der Waals surface area contributed by atoms with E-state index in [9.17, 15) is 17.6 Å². The Kier molecular flexibility index (Phi) is 5.11. The summed E-state index contributed by atoms with van der Waals surface area (Å²) in [5.41, 5.74) is 5.14. The molecule has 0 saturated carbocycles. The monoisotopic (exact) mass is 280 g/mol. The van der Waals surface area contributed by atoms with Gasteiger partial charge in [0.2, 0.25) is 0 Å². The van der Waals surface area contributed by atoms with Crippen LogP contribution < -0.4 is 5.73 Å². The van der Waals surface area contributed by atoms with Gasteiger partial charge in [-0.25, -0.2) is 4.39 Å². The van der Waals surface area contributed by atoms with Crippen molar-refractivity contribution in [2.45, 2.75) is 19.2 Å². The van der Waals surface area contributed by atoms with Crippen molar-refractivity contribution < 1.29 is 27.5 Å². The summed E-state index contributed by atoms with van der Waals surface area (Å²) >= 11 is 0. The molecular weight excluding hydrogens is 268 g/mol. The highest BCUT2D eigenvalue weighted by atomic mass is 19.4. The maximum atomic E-state index is 13.8. The molecule has 0 atom stereocenters. The third-order valence-electron chi connectivity index (χ3n) is 2.25. The Bertz CT molecular complexity index is 460. The summed E-state index contributed by atoms with van der Waals surface area (Å²) in [6, 6.07) is 4.06. The molecular formula is C11H12F4N2O2. The van der Waals surface area contributed by atoms with E-state index in [1.165, 1.54) is 18.2 Å². The van der Waals surface area contributed by atoms with E-state index in [-0.39, 0.29) is 17.7 Å². The first kappa shape index (κ1) is 15.2. The van der Waals surface area contributed by atoms with Crippen LogP contribution in [-0.4, -0.2) is 23.8 Å². The second-order valence-electron chi connectivity index (χ2n) is 3.68. The zero-order chi connectivity index (χ0) is 14.5. The molecule has 0 aliphatic heterocycles. The fraction of sp³-hybridized carbons (Fsp3) is 0.364. The minimum absolute atomic E-state index is 0.0336. The molecule has 0 saturated heterocycles. The number of halogens is 4. The molecule has 1 aromatic rings. The van der Waals surface area contributed by atoms with E-state index in [0.717, 1.165) is 0 Å². The highest BCUT2D eigenvalue weighted by molar-refractivity contribution is 5.97. The standard InChI is InChI=1S/C11H12F4N2O2/c12-9-7(6-19-5-4-11(13,14)15)2-1-3-8(9)10(16)17-18/h1-3,18H,4-6H2,(H2,16,17). The number of ether oxygens (including phenoxy) is 1. The molecule has 1 rings (SSSR count). The molecule has 4 nitrogen and oxygen atoms in total. The zero-order valence-electron chi connectivity index (χ0n) is 9.75. The van der Waals surface area contributed by atoms with Crippen molar-refractivity contribution in [3.05, 3.63) is 35.1 Å². The number of oxime groups is 1. The summed E-state index contributed by atoms with van der Waals surface area (Å²) in [7, 11) is 0. The van der Waals surface area contributed by atoms with Crippen molar-refractivity contribution in [3.8, 4) is 0 Å². The van der Waals surface area contributed by atoms with E-state index in [0.29, 0.717) is 0 Å². The fourth-order valence-electron chi connectivity index (χ4n) is 1.31. The van der Waals surface area contributed by atoms with Gasteiger partial charge in [-0.3, -0.25) is 0 Å². The summed E-state index contributed by atoms with van der Waals surface area (Å²) < 4.78 is 54.1. The quantitative estimate of drug-likeness (QED) is 0.217. The Morgan fingerprint density at radius 3 is 2.63 bits per heavy atom. The molecule has 0 heterocycles. The number of hydrogen-bond donors (Lipinski definition) is 2. The normalized spacial score (nSPS) is 12.7. The van der Waals surface area contributed by atoms with Gasteiger partial charge in [0.15, 0.2) is 5.84 Å². The van der Waals surface area contributed by atoms with Crippen molar-refractivity contribution in [1.82, 2.24) is 0 Å². The van der Waals surface area contributed by atoms with Gasteiger partial charge in [-0.15, -0.1) is 0 Å². The molecule has 106 valence electrons. The first-order valence-corrected chi connectivity index (χ1v) is 5.25. The number of amidine groups is 1. The van der Waals surface area contributed by atoms with Crippen LogP contribution in [-0.2, 0) is 11.3 Å². The number of benzene rings is 1.